The highest BCUT2D eigenvalue weighted by Crippen LogP contribution is 2.21. The van der Waals surface area contributed by atoms with Crippen LogP contribution in [0.15, 0.2) is 6.07 Å². The standard InChI is InChI=1S/C11H16N2O3/c1-2-16-11(14)9-5-8(6-12)13-3-4-15-7-10(9)13/h5H,2-4,6-7,12H2,1H3. The van der Waals surface area contributed by atoms with Crippen molar-refractivity contribution in [2.24, 2.45) is 5.73 Å². The number of esters is 1. The summed E-state index contributed by atoms with van der Waals surface area (Å²) in [5, 5.41) is 0. The van der Waals surface area contributed by atoms with Crippen molar-refractivity contribution in [1.82, 2.24) is 4.57 Å². The lowest BCUT2D eigenvalue weighted by molar-refractivity contribution is 0.0505. The molecule has 1 aliphatic rings. The van der Waals surface area contributed by atoms with E-state index in [9.17, 15) is 4.79 Å². The number of carbonyl (C=O) groups is 1. The van der Waals surface area contributed by atoms with Crippen molar-refractivity contribution in [2.75, 3.05) is 13.2 Å². The van der Waals surface area contributed by atoms with Gasteiger partial charge in [-0.3, -0.25) is 0 Å². The van der Waals surface area contributed by atoms with Gasteiger partial charge < -0.3 is 19.8 Å². The number of fused-ring (bicyclic) bond motifs is 1. The molecule has 0 unspecified atom stereocenters. The van der Waals surface area contributed by atoms with Gasteiger partial charge in [-0.25, -0.2) is 4.79 Å². The van der Waals surface area contributed by atoms with E-state index in [1.807, 2.05) is 6.07 Å². The quantitative estimate of drug-likeness (QED) is 0.766. The van der Waals surface area contributed by atoms with Crippen LogP contribution in [-0.4, -0.2) is 23.8 Å². The first-order valence-corrected chi connectivity index (χ1v) is 5.44. The summed E-state index contributed by atoms with van der Waals surface area (Å²) in [6.07, 6.45) is 0. The number of hydrogen-bond donors (Lipinski definition) is 1. The molecule has 1 aliphatic heterocycles. The molecule has 88 valence electrons. The molecule has 0 saturated carbocycles. The molecule has 0 bridgehead atoms. The molecule has 1 aromatic heterocycles. The Labute approximate surface area is 94.1 Å². The molecule has 0 saturated heterocycles. The summed E-state index contributed by atoms with van der Waals surface area (Å²) in [6.45, 7) is 4.46. The van der Waals surface area contributed by atoms with E-state index < -0.39 is 0 Å². The Balaban J connectivity index is 2.38. The average molecular weight is 224 g/mol. The van der Waals surface area contributed by atoms with E-state index in [-0.39, 0.29) is 5.97 Å². The minimum Gasteiger partial charge on any atom is -0.462 e. The SMILES string of the molecule is CCOC(=O)c1cc(CN)n2c1COCC2. The van der Waals surface area contributed by atoms with E-state index in [0.717, 1.165) is 17.9 Å². The van der Waals surface area contributed by atoms with Gasteiger partial charge in [-0.05, 0) is 13.0 Å². The lowest BCUT2D eigenvalue weighted by Crippen LogP contribution is -2.20. The largest absolute Gasteiger partial charge is 0.462 e. The van der Waals surface area contributed by atoms with E-state index in [2.05, 4.69) is 4.57 Å². The number of carbonyl (C=O) groups excluding carboxylic acids is 1. The molecule has 0 spiro atoms. The number of nitrogens with two attached hydrogens (primary N) is 1. The van der Waals surface area contributed by atoms with Crippen molar-refractivity contribution < 1.29 is 14.3 Å². The van der Waals surface area contributed by atoms with E-state index >= 15 is 0 Å². The van der Waals surface area contributed by atoms with Crippen molar-refractivity contribution in [3.63, 3.8) is 0 Å². The van der Waals surface area contributed by atoms with Gasteiger partial charge in [0.05, 0.1) is 31.1 Å². The monoisotopic (exact) mass is 224 g/mol. The zero-order valence-corrected chi connectivity index (χ0v) is 9.36. The molecule has 0 fully saturated rings. The van der Waals surface area contributed by atoms with Crippen LogP contribution in [0.5, 0.6) is 0 Å². The molecule has 2 heterocycles. The van der Waals surface area contributed by atoms with Gasteiger partial charge in [0.2, 0.25) is 0 Å². The van der Waals surface area contributed by atoms with Crippen molar-refractivity contribution in [3.8, 4) is 0 Å². The Morgan fingerprint density at radius 2 is 2.50 bits per heavy atom. The summed E-state index contributed by atoms with van der Waals surface area (Å²) in [7, 11) is 0. The maximum Gasteiger partial charge on any atom is 0.340 e. The summed E-state index contributed by atoms with van der Waals surface area (Å²) in [6, 6.07) is 1.81. The van der Waals surface area contributed by atoms with Crippen LogP contribution >= 0.6 is 0 Å². The second-order valence-corrected chi connectivity index (χ2v) is 3.62. The van der Waals surface area contributed by atoms with Gasteiger partial charge in [-0.15, -0.1) is 0 Å². The fraction of sp³-hybridized carbons (Fsp3) is 0.545. The lowest BCUT2D eigenvalue weighted by Gasteiger charge is -2.18. The third-order valence-electron chi connectivity index (χ3n) is 2.70. The molecule has 0 amide bonds. The highest BCUT2D eigenvalue weighted by Gasteiger charge is 2.22. The van der Waals surface area contributed by atoms with Crippen LogP contribution in [0.2, 0.25) is 0 Å². The fourth-order valence-electron chi connectivity index (χ4n) is 1.96. The van der Waals surface area contributed by atoms with Crippen LogP contribution in [0.1, 0.15) is 28.7 Å². The Morgan fingerprint density at radius 1 is 1.69 bits per heavy atom. The fourth-order valence-corrected chi connectivity index (χ4v) is 1.96. The van der Waals surface area contributed by atoms with Crippen LogP contribution in [0, 0.1) is 0 Å². The van der Waals surface area contributed by atoms with Crippen molar-refractivity contribution in [2.45, 2.75) is 26.6 Å². The second kappa shape index (κ2) is 4.67. The number of rotatable bonds is 3. The first-order valence-electron chi connectivity index (χ1n) is 5.44. The minimum atomic E-state index is -0.295. The van der Waals surface area contributed by atoms with E-state index in [1.165, 1.54) is 0 Å². The zero-order valence-electron chi connectivity index (χ0n) is 9.36. The molecule has 2 rings (SSSR count). The molecule has 16 heavy (non-hydrogen) atoms. The Kier molecular flexibility index (Phi) is 3.26. The van der Waals surface area contributed by atoms with Crippen LogP contribution < -0.4 is 5.73 Å². The first kappa shape index (κ1) is 11.2. The molecule has 5 heteroatoms. The van der Waals surface area contributed by atoms with Gasteiger partial charge in [-0.1, -0.05) is 0 Å². The van der Waals surface area contributed by atoms with Crippen molar-refractivity contribution >= 4 is 5.97 Å². The molecular weight excluding hydrogens is 208 g/mol. The van der Waals surface area contributed by atoms with Gasteiger partial charge >= 0.3 is 5.97 Å². The molecule has 0 aliphatic carbocycles. The van der Waals surface area contributed by atoms with Gasteiger partial charge in [0, 0.05) is 18.8 Å². The number of aromatic nitrogens is 1. The predicted molar refractivity (Wildman–Crippen MR) is 57.9 cm³/mol. The van der Waals surface area contributed by atoms with E-state index in [0.29, 0.717) is 31.9 Å². The predicted octanol–water partition coefficient (Wildman–Crippen LogP) is 0.654. The first-order chi connectivity index (χ1) is 7.77. The van der Waals surface area contributed by atoms with Gasteiger partial charge in [-0.2, -0.15) is 0 Å². The summed E-state index contributed by atoms with van der Waals surface area (Å²) >= 11 is 0. The summed E-state index contributed by atoms with van der Waals surface area (Å²) in [5.74, 6) is -0.295. The Morgan fingerprint density at radius 3 is 3.19 bits per heavy atom. The van der Waals surface area contributed by atoms with Gasteiger partial charge in [0.1, 0.15) is 0 Å². The van der Waals surface area contributed by atoms with Crippen LogP contribution in [0.3, 0.4) is 0 Å². The molecule has 0 aromatic carbocycles. The second-order valence-electron chi connectivity index (χ2n) is 3.62. The average Bonchev–Trinajstić information content (AvgIpc) is 2.68. The number of hydrogen-bond acceptors (Lipinski definition) is 4. The molecule has 5 nitrogen and oxygen atoms in total. The smallest absolute Gasteiger partial charge is 0.340 e. The van der Waals surface area contributed by atoms with Gasteiger partial charge in [0.15, 0.2) is 0 Å². The summed E-state index contributed by atoms with van der Waals surface area (Å²) in [4.78, 5) is 11.7. The number of ether oxygens (including phenoxy) is 2. The summed E-state index contributed by atoms with van der Waals surface area (Å²) in [5.41, 5.74) is 8.07. The third-order valence-corrected chi connectivity index (χ3v) is 2.70. The molecule has 0 radical (unpaired) electrons. The highest BCUT2D eigenvalue weighted by atomic mass is 16.5. The third kappa shape index (κ3) is 1.83. The highest BCUT2D eigenvalue weighted by molar-refractivity contribution is 5.91. The van der Waals surface area contributed by atoms with E-state index in [1.54, 1.807) is 6.92 Å². The minimum absolute atomic E-state index is 0.295. The maximum absolute atomic E-state index is 11.7. The molecular formula is C11H16N2O3. The summed E-state index contributed by atoms with van der Waals surface area (Å²) < 4.78 is 12.4. The normalized spacial score (nSPS) is 14.6. The lowest BCUT2D eigenvalue weighted by atomic mass is 10.2. The number of nitrogens with zero attached hydrogens (tertiary/aromatic N) is 1. The Hall–Kier alpha value is -1.33. The maximum atomic E-state index is 11.7. The van der Waals surface area contributed by atoms with Crippen molar-refractivity contribution in [3.05, 3.63) is 23.0 Å². The Bertz CT molecular complexity index is 398. The van der Waals surface area contributed by atoms with E-state index in [4.69, 9.17) is 15.2 Å². The zero-order chi connectivity index (χ0) is 11.5. The molecule has 1 aromatic rings. The van der Waals surface area contributed by atoms with Crippen LogP contribution in [0.4, 0.5) is 0 Å². The molecule has 0 atom stereocenters. The molecule has 2 N–H and O–H groups in total. The van der Waals surface area contributed by atoms with Gasteiger partial charge in [0.25, 0.3) is 0 Å². The topological polar surface area (TPSA) is 66.5 Å². The van der Waals surface area contributed by atoms with Crippen molar-refractivity contribution in [1.29, 1.82) is 0 Å². The van der Waals surface area contributed by atoms with Crippen LogP contribution in [-0.2, 0) is 29.2 Å². The van der Waals surface area contributed by atoms with Crippen LogP contribution in [0.25, 0.3) is 0 Å².